The zero-order chi connectivity index (χ0) is 14.7. The van der Waals surface area contributed by atoms with E-state index in [1.54, 1.807) is 0 Å². The van der Waals surface area contributed by atoms with Gasteiger partial charge in [-0.05, 0) is 30.4 Å². The fourth-order valence-corrected chi connectivity index (χ4v) is 2.47. The van der Waals surface area contributed by atoms with Gasteiger partial charge in [-0.15, -0.1) is 0 Å². The molecule has 0 aliphatic rings. The van der Waals surface area contributed by atoms with Crippen molar-refractivity contribution in [1.82, 2.24) is 9.97 Å². The maximum atomic E-state index is 5.38. The van der Waals surface area contributed by atoms with Gasteiger partial charge in [-0.1, -0.05) is 57.3 Å². The van der Waals surface area contributed by atoms with Gasteiger partial charge in [0.15, 0.2) is 0 Å². The first-order chi connectivity index (χ1) is 9.52. The Balaban J connectivity index is 2.48. The summed E-state index contributed by atoms with van der Waals surface area (Å²) >= 11 is 5.38. The van der Waals surface area contributed by atoms with Crippen LogP contribution in [0.5, 0.6) is 0 Å². The van der Waals surface area contributed by atoms with Crippen LogP contribution in [-0.4, -0.2) is 9.97 Å². The molecule has 0 aliphatic heterocycles. The number of H-pyrrole nitrogens is 1. The van der Waals surface area contributed by atoms with Gasteiger partial charge in [0.1, 0.15) is 10.5 Å². The van der Waals surface area contributed by atoms with Crippen molar-refractivity contribution in [3.8, 4) is 11.3 Å². The highest BCUT2D eigenvalue weighted by Crippen LogP contribution is 2.24. The molecule has 2 rings (SSSR count). The van der Waals surface area contributed by atoms with Crippen LogP contribution in [0.4, 0.5) is 0 Å². The lowest BCUT2D eigenvalue weighted by Gasteiger charge is -2.11. The molecule has 2 nitrogen and oxygen atoms in total. The molecule has 0 saturated heterocycles. The summed E-state index contributed by atoms with van der Waals surface area (Å²) in [5.41, 5.74) is 4.69. The molecule has 2 aromatic rings. The lowest BCUT2D eigenvalue weighted by atomic mass is 10.00. The van der Waals surface area contributed by atoms with Crippen LogP contribution in [0.2, 0.25) is 0 Å². The van der Waals surface area contributed by atoms with Crippen LogP contribution < -0.4 is 0 Å². The summed E-state index contributed by atoms with van der Waals surface area (Å²) in [5, 5.41) is 0. The minimum absolute atomic E-state index is 0.553. The molecule has 0 atom stereocenters. The van der Waals surface area contributed by atoms with Crippen molar-refractivity contribution in [2.75, 3.05) is 0 Å². The highest BCUT2D eigenvalue weighted by Gasteiger charge is 2.08. The van der Waals surface area contributed by atoms with Crippen molar-refractivity contribution < 1.29 is 0 Å². The molecule has 0 fully saturated rings. The van der Waals surface area contributed by atoms with Crippen molar-refractivity contribution >= 4 is 12.2 Å². The van der Waals surface area contributed by atoms with Crippen molar-refractivity contribution in [2.24, 2.45) is 0 Å². The van der Waals surface area contributed by atoms with Crippen LogP contribution in [0.15, 0.2) is 24.3 Å². The molecule has 0 radical (unpaired) electrons. The van der Waals surface area contributed by atoms with Gasteiger partial charge in [0.2, 0.25) is 0 Å². The molecular formula is C17H22N2S. The van der Waals surface area contributed by atoms with Gasteiger partial charge in [0, 0.05) is 12.0 Å². The van der Waals surface area contributed by atoms with E-state index < -0.39 is 0 Å². The van der Waals surface area contributed by atoms with Gasteiger partial charge in [-0.25, -0.2) is 4.98 Å². The number of aryl methyl sites for hydroxylation is 1. The number of benzene rings is 1. The maximum Gasteiger partial charge on any atom is 0.133 e. The molecule has 0 saturated carbocycles. The molecule has 0 spiro atoms. The van der Waals surface area contributed by atoms with Crippen LogP contribution in [0.1, 0.15) is 50.1 Å². The molecule has 1 N–H and O–H groups in total. The molecule has 3 heteroatoms. The van der Waals surface area contributed by atoms with E-state index in [4.69, 9.17) is 12.2 Å². The van der Waals surface area contributed by atoms with E-state index in [1.807, 2.05) is 6.92 Å². The van der Waals surface area contributed by atoms with Gasteiger partial charge in [-0.2, -0.15) is 0 Å². The van der Waals surface area contributed by atoms with Crippen LogP contribution in [0.3, 0.4) is 0 Å². The Morgan fingerprint density at radius 3 is 2.40 bits per heavy atom. The molecule has 106 valence electrons. The van der Waals surface area contributed by atoms with Crippen molar-refractivity contribution in [2.45, 2.75) is 46.5 Å². The van der Waals surface area contributed by atoms with Gasteiger partial charge >= 0.3 is 0 Å². The summed E-state index contributed by atoms with van der Waals surface area (Å²) in [6.45, 7) is 8.60. The lowest BCUT2D eigenvalue weighted by molar-refractivity contribution is 0.829. The lowest BCUT2D eigenvalue weighted by Crippen LogP contribution is -2.00. The quantitative estimate of drug-likeness (QED) is 0.783. The zero-order valence-electron chi connectivity index (χ0n) is 12.7. The molecular weight excluding hydrogens is 264 g/mol. The number of rotatable bonds is 4. The molecule has 0 unspecified atom stereocenters. The first-order valence-electron chi connectivity index (χ1n) is 7.23. The largest absolute Gasteiger partial charge is 0.343 e. The summed E-state index contributed by atoms with van der Waals surface area (Å²) in [7, 11) is 0. The Bertz CT molecular complexity index is 639. The molecule has 1 aromatic carbocycles. The van der Waals surface area contributed by atoms with Crippen molar-refractivity contribution in [1.29, 1.82) is 0 Å². The Morgan fingerprint density at radius 1 is 1.20 bits per heavy atom. The van der Waals surface area contributed by atoms with E-state index in [0.717, 1.165) is 29.9 Å². The first kappa shape index (κ1) is 14.9. The number of nitrogens with zero attached hydrogens (tertiary/aromatic N) is 1. The number of hydrogen-bond acceptors (Lipinski definition) is 2. The minimum atomic E-state index is 0.553. The minimum Gasteiger partial charge on any atom is -0.343 e. The maximum absolute atomic E-state index is 5.38. The van der Waals surface area contributed by atoms with E-state index in [1.165, 1.54) is 11.1 Å². The molecule has 20 heavy (non-hydrogen) atoms. The van der Waals surface area contributed by atoms with Crippen LogP contribution in [0.25, 0.3) is 11.3 Å². The predicted octanol–water partition coefficient (Wildman–Crippen LogP) is 5.19. The van der Waals surface area contributed by atoms with E-state index >= 15 is 0 Å². The summed E-state index contributed by atoms with van der Waals surface area (Å²) in [5.74, 6) is 1.53. The average molecular weight is 286 g/mol. The third-order valence-corrected chi connectivity index (χ3v) is 3.95. The summed E-state index contributed by atoms with van der Waals surface area (Å²) < 4.78 is 0.704. The zero-order valence-corrected chi connectivity index (χ0v) is 13.5. The number of aromatic nitrogens is 2. The second kappa shape index (κ2) is 6.31. The van der Waals surface area contributed by atoms with E-state index in [-0.39, 0.29) is 0 Å². The third-order valence-electron chi connectivity index (χ3n) is 3.55. The molecule has 1 heterocycles. The Labute approximate surface area is 126 Å². The van der Waals surface area contributed by atoms with E-state index in [2.05, 4.69) is 55.0 Å². The van der Waals surface area contributed by atoms with Crippen LogP contribution in [-0.2, 0) is 6.42 Å². The van der Waals surface area contributed by atoms with Crippen LogP contribution >= 0.6 is 12.2 Å². The van der Waals surface area contributed by atoms with Gasteiger partial charge in [0.25, 0.3) is 0 Å². The number of nitrogens with one attached hydrogen (secondary N) is 1. The van der Waals surface area contributed by atoms with Gasteiger partial charge in [0.05, 0.1) is 5.69 Å². The predicted molar refractivity (Wildman–Crippen MR) is 87.7 cm³/mol. The normalized spacial score (nSPS) is 11.1. The molecule has 0 amide bonds. The van der Waals surface area contributed by atoms with Crippen LogP contribution in [0, 0.1) is 11.6 Å². The molecule has 0 bridgehead atoms. The van der Waals surface area contributed by atoms with Crippen molar-refractivity contribution in [3.05, 3.63) is 45.9 Å². The van der Waals surface area contributed by atoms with E-state index in [0.29, 0.717) is 10.6 Å². The highest BCUT2D eigenvalue weighted by molar-refractivity contribution is 7.71. The topological polar surface area (TPSA) is 28.7 Å². The monoisotopic (exact) mass is 286 g/mol. The molecule has 1 aromatic heterocycles. The summed E-state index contributed by atoms with van der Waals surface area (Å²) in [6.07, 6.45) is 1.99. The second-order valence-corrected chi connectivity index (χ2v) is 5.90. The number of hydrogen-bond donors (Lipinski definition) is 1. The fraction of sp³-hybridized carbons (Fsp3) is 0.412. The Kier molecular flexibility index (Phi) is 4.71. The fourth-order valence-electron chi connectivity index (χ4n) is 2.26. The first-order valence-corrected chi connectivity index (χ1v) is 7.63. The van der Waals surface area contributed by atoms with E-state index in [9.17, 15) is 0 Å². The SMILES string of the molecule is CCCc1nc(=S)c(C)c(-c2ccc(C(C)C)cc2)[nH]1. The summed E-state index contributed by atoms with van der Waals surface area (Å²) in [4.78, 5) is 7.90. The highest BCUT2D eigenvalue weighted by atomic mass is 32.1. The Hall–Kier alpha value is -1.48. The van der Waals surface area contributed by atoms with Crippen molar-refractivity contribution in [3.63, 3.8) is 0 Å². The third kappa shape index (κ3) is 3.15. The standard InChI is InChI=1S/C17H22N2S/c1-5-6-15-18-16(12(4)17(20)19-15)14-9-7-13(8-10-14)11(2)3/h7-11H,5-6H2,1-4H3,(H,18,19,20). The number of aromatic amines is 1. The van der Waals surface area contributed by atoms with Gasteiger partial charge < -0.3 is 4.98 Å². The summed E-state index contributed by atoms with van der Waals surface area (Å²) in [6, 6.07) is 8.71. The molecule has 0 aliphatic carbocycles. The second-order valence-electron chi connectivity index (χ2n) is 5.52. The average Bonchev–Trinajstić information content (AvgIpc) is 2.43. The Morgan fingerprint density at radius 2 is 1.85 bits per heavy atom. The smallest absolute Gasteiger partial charge is 0.133 e. The van der Waals surface area contributed by atoms with Gasteiger partial charge in [-0.3, -0.25) is 0 Å².